The second-order valence-electron chi connectivity index (χ2n) is 2.78. The molecule has 0 aliphatic rings. The van der Waals surface area contributed by atoms with E-state index >= 15 is 0 Å². The number of rotatable bonds is 2. The Bertz CT molecular complexity index is 321. The zero-order valence-electron chi connectivity index (χ0n) is 7.96. The maximum absolute atomic E-state index is 10.7. The second-order valence-corrected chi connectivity index (χ2v) is 3.66. The summed E-state index contributed by atoms with van der Waals surface area (Å²) >= 11 is 1.63. The Morgan fingerprint density at radius 2 is 2.08 bits per heavy atom. The molecule has 1 rings (SSSR count). The standard InChI is InChI=1S/C10H12O2S/c1-7-4-9(12-8(2)11)6-10(5-7)13-3/h4-6H,1-3H3. The fourth-order valence-corrected chi connectivity index (χ4v) is 1.59. The lowest BCUT2D eigenvalue weighted by Crippen LogP contribution is -2.01. The number of carbonyl (C=O) groups is 1. The molecule has 3 heteroatoms. The van der Waals surface area contributed by atoms with Crippen molar-refractivity contribution in [2.45, 2.75) is 18.7 Å². The van der Waals surface area contributed by atoms with Crippen LogP contribution in [0.5, 0.6) is 5.75 Å². The van der Waals surface area contributed by atoms with Crippen LogP contribution >= 0.6 is 11.8 Å². The van der Waals surface area contributed by atoms with Crippen LogP contribution < -0.4 is 4.74 Å². The third-order valence-electron chi connectivity index (χ3n) is 1.52. The Morgan fingerprint density at radius 3 is 2.62 bits per heavy atom. The molecule has 70 valence electrons. The molecule has 13 heavy (non-hydrogen) atoms. The highest BCUT2D eigenvalue weighted by Gasteiger charge is 2.00. The minimum atomic E-state index is -0.280. The highest BCUT2D eigenvalue weighted by Crippen LogP contribution is 2.23. The smallest absolute Gasteiger partial charge is 0.308 e. The molecule has 0 amide bonds. The molecular formula is C10H12O2S. The van der Waals surface area contributed by atoms with E-state index in [2.05, 4.69) is 6.07 Å². The first-order valence-corrected chi connectivity index (χ1v) is 5.18. The van der Waals surface area contributed by atoms with Crippen molar-refractivity contribution in [2.75, 3.05) is 6.26 Å². The van der Waals surface area contributed by atoms with Gasteiger partial charge in [0.2, 0.25) is 0 Å². The molecule has 0 fully saturated rings. The lowest BCUT2D eigenvalue weighted by molar-refractivity contribution is -0.131. The van der Waals surface area contributed by atoms with Crippen LogP contribution in [0.1, 0.15) is 12.5 Å². The maximum atomic E-state index is 10.7. The van der Waals surface area contributed by atoms with Gasteiger partial charge in [-0.15, -0.1) is 11.8 Å². The number of ether oxygens (including phenoxy) is 1. The molecule has 0 saturated carbocycles. The summed E-state index contributed by atoms with van der Waals surface area (Å²) in [5.74, 6) is 0.342. The molecule has 1 aromatic carbocycles. The fraction of sp³-hybridized carbons (Fsp3) is 0.300. The zero-order chi connectivity index (χ0) is 9.84. The Labute approximate surface area is 82.3 Å². The van der Waals surface area contributed by atoms with E-state index in [1.807, 2.05) is 25.3 Å². The molecule has 0 bridgehead atoms. The minimum Gasteiger partial charge on any atom is -0.427 e. The van der Waals surface area contributed by atoms with E-state index in [4.69, 9.17) is 4.74 Å². The van der Waals surface area contributed by atoms with E-state index in [1.165, 1.54) is 6.92 Å². The molecule has 0 unspecified atom stereocenters. The molecule has 2 nitrogen and oxygen atoms in total. The molecule has 0 aromatic heterocycles. The third-order valence-corrected chi connectivity index (χ3v) is 2.23. The monoisotopic (exact) mass is 196 g/mol. The lowest BCUT2D eigenvalue weighted by Gasteiger charge is -2.04. The van der Waals surface area contributed by atoms with Gasteiger partial charge in [0.25, 0.3) is 0 Å². The van der Waals surface area contributed by atoms with Gasteiger partial charge < -0.3 is 4.74 Å². The minimum absolute atomic E-state index is 0.280. The average Bonchev–Trinajstić information content (AvgIpc) is 2.01. The van der Waals surface area contributed by atoms with Crippen molar-refractivity contribution < 1.29 is 9.53 Å². The van der Waals surface area contributed by atoms with Gasteiger partial charge in [-0.05, 0) is 36.9 Å². The van der Waals surface area contributed by atoms with Crippen LogP contribution in [-0.2, 0) is 4.79 Å². The first-order chi connectivity index (χ1) is 6.11. The van der Waals surface area contributed by atoms with Crippen molar-refractivity contribution in [1.29, 1.82) is 0 Å². The first kappa shape index (κ1) is 10.1. The van der Waals surface area contributed by atoms with Crippen LogP contribution in [0, 0.1) is 6.92 Å². The van der Waals surface area contributed by atoms with Crippen molar-refractivity contribution in [2.24, 2.45) is 0 Å². The lowest BCUT2D eigenvalue weighted by atomic mass is 10.2. The molecular weight excluding hydrogens is 184 g/mol. The molecule has 0 aliphatic heterocycles. The topological polar surface area (TPSA) is 26.3 Å². The van der Waals surface area contributed by atoms with E-state index in [-0.39, 0.29) is 5.97 Å². The van der Waals surface area contributed by atoms with Crippen LogP contribution in [0.3, 0.4) is 0 Å². The Kier molecular flexibility index (Phi) is 3.37. The van der Waals surface area contributed by atoms with E-state index in [0.29, 0.717) is 5.75 Å². The fourth-order valence-electron chi connectivity index (χ4n) is 1.06. The molecule has 0 aliphatic carbocycles. The predicted octanol–water partition coefficient (Wildman–Crippen LogP) is 2.64. The van der Waals surface area contributed by atoms with Crippen LogP contribution in [-0.4, -0.2) is 12.2 Å². The van der Waals surface area contributed by atoms with Crippen LogP contribution in [0.15, 0.2) is 23.1 Å². The molecule has 0 heterocycles. The summed E-state index contributed by atoms with van der Waals surface area (Å²) in [4.78, 5) is 11.8. The zero-order valence-corrected chi connectivity index (χ0v) is 8.77. The Hall–Kier alpha value is -0.960. The van der Waals surface area contributed by atoms with Gasteiger partial charge in [-0.1, -0.05) is 0 Å². The number of hydrogen-bond acceptors (Lipinski definition) is 3. The number of aryl methyl sites for hydroxylation is 1. The van der Waals surface area contributed by atoms with Crippen molar-refractivity contribution in [3.05, 3.63) is 23.8 Å². The number of hydrogen-bond donors (Lipinski definition) is 0. The molecule has 0 radical (unpaired) electrons. The average molecular weight is 196 g/mol. The number of carbonyl (C=O) groups excluding carboxylic acids is 1. The Balaban J connectivity index is 2.94. The normalized spacial score (nSPS) is 9.77. The van der Waals surface area contributed by atoms with E-state index < -0.39 is 0 Å². The highest BCUT2D eigenvalue weighted by molar-refractivity contribution is 7.98. The van der Waals surface area contributed by atoms with Crippen molar-refractivity contribution in [3.8, 4) is 5.75 Å². The molecule has 0 N–H and O–H groups in total. The molecule has 0 atom stereocenters. The summed E-state index contributed by atoms with van der Waals surface area (Å²) < 4.78 is 4.99. The second kappa shape index (κ2) is 4.33. The summed E-state index contributed by atoms with van der Waals surface area (Å²) in [6.07, 6.45) is 1.99. The van der Waals surface area contributed by atoms with Crippen LogP contribution in [0.2, 0.25) is 0 Å². The van der Waals surface area contributed by atoms with Crippen molar-refractivity contribution >= 4 is 17.7 Å². The van der Waals surface area contributed by atoms with Crippen LogP contribution in [0.4, 0.5) is 0 Å². The largest absolute Gasteiger partial charge is 0.427 e. The summed E-state index contributed by atoms with van der Waals surface area (Å²) in [6, 6.07) is 5.76. The first-order valence-electron chi connectivity index (χ1n) is 3.96. The summed E-state index contributed by atoms with van der Waals surface area (Å²) in [7, 11) is 0. The van der Waals surface area contributed by atoms with Crippen LogP contribution in [0.25, 0.3) is 0 Å². The quantitative estimate of drug-likeness (QED) is 0.413. The van der Waals surface area contributed by atoms with Gasteiger partial charge in [0, 0.05) is 11.8 Å². The van der Waals surface area contributed by atoms with Gasteiger partial charge in [0.05, 0.1) is 0 Å². The highest BCUT2D eigenvalue weighted by atomic mass is 32.2. The van der Waals surface area contributed by atoms with Gasteiger partial charge in [0.15, 0.2) is 0 Å². The maximum Gasteiger partial charge on any atom is 0.308 e. The van der Waals surface area contributed by atoms with Crippen molar-refractivity contribution in [1.82, 2.24) is 0 Å². The van der Waals surface area contributed by atoms with Gasteiger partial charge in [0.1, 0.15) is 5.75 Å². The number of esters is 1. The van der Waals surface area contributed by atoms with E-state index in [9.17, 15) is 4.79 Å². The van der Waals surface area contributed by atoms with E-state index in [1.54, 1.807) is 11.8 Å². The van der Waals surface area contributed by atoms with Gasteiger partial charge in [-0.2, -0.15) is 0 Å². The Morgan fingerprint density at radius 1 is 1.38 bits per heavy atom. The van der Waals surface area contributed by atoms with Crippen molar-refractivity contribution in [3.63, 3.8) is 0 Å². The van der Waals surface area contributed by atoms with Gasteiger partial charge in [-0.25, -0.2) is 0 Å². The van der Waals surface area contributed by atoms with Gasteiger partial charge >= 0.3 is 5.97 Å². The van der Waals surface area contributed by atoms with E-state index in [0.717, 1.165) is 10.5 Å². The SMILES string of the molecule is CSc1cc(C)cc(OC(C)=O)c1. The van der Waals surface area contributed by atoms with Gasteiger partial charge in [-0.3, -0.25) is 4.79 Å². The number of benzene rings is 1. The summed E-state index contributed by atoms with van der Waals surface area (Å²) in [5.41, 5.74) is 1.10. The predicted molar refractivity (Wildman–Crippen MR) is 54.3 cm³/mol. The molecule has 0 spiro atoms. The summed E-state index contributed by atoms with van der Waals surface area (Å²) in [5, 5.41) is 0. The summed E-state index contributed by atoms with van der Waals surface area (Å²) in [6.45, 7) is 3.38. The molecule has 0 saturated heterocycles. The number of thioether (sulfide) groups is 1. The third kappa shape index (κ3) is 3.11. The molecule has 1 aromatic rings.